The normalized spacial score (nSPS) is 27.1. The lowest BCUT2D eigenvalue weighted by atomic mass is 9.98. The monoisotopic (exact) mass is 262 g/mol. The molecule has 0 aromatic rings. The number of nitrogens with zero attached hydrogens (tertiary/aromatic N) is 1. The zero-order chi connectivity index (χ0) is 13.9. The molecule has 1 aliphatic rings. The van der Waals surface area contributed by atoms with E-state index in [-0.39, 0.29) is 18.2 Å². The summed E-state index contributed by atoms with van der Waals surface area (Å²) in [6.07, 6.45) is -1.80. The Morgan fingerprint density at radius 3 is 2.56 bits per heavy atom. The van der Waals surface area contributed by atoms with E-state index in [2.05, 4.69) is 5.32 Å². The molecule has 0 saturated carbocycles. The van der Waals surface area contributed by atoms with Crippen LogP contribution in [-0.2, 0) is 9.59 Å². The van der Waals surface area contributed by atoms with E-state index in [1.54, 1.807) is 6.92 Å². The van der Waals surface area contributed by atoms with Gasteiger partial charge in [-0.05, 0) is 12.8 Å². The molecule has 1 saturated heterocycles. The van der Waals surface area contributed by atoms with E-state index in [1.165, 1.54) is 0 Å². The third kappa shape index (κ3) is 3.40. The Hall–Kier alpha value is -1.20. The Kier molecular flexibility index (Phi) is 5.04. The van der Waals surface area contributed by atoms with Gasteiger partial charge in [-0.3, -0.25) is 9.59 Å². The molecule has 0 radical (unpaired) electrons. The zero-order valence-electron chi connectivity index (χ0n) is 11.0. The largest absolute Gasteiger partial charge is 0.344 e. The topological polar surface area (TPSA) is 49.4 Å². The van der Waals surface area contributed by atoms with E-state index >= 15 is 0 Å². The predicted molar refractivity (Wildman–Crippen MR) is 63.2 cm³/mol. The molecule has 2 amide bonds. The molecule has 1 aliphatic heterocycles. The van der Waals surface area contributed by atoms with Crippen molar-refractivity contribution in [2.75, 3.05) is 6.54 Å². The standard InChI is InChI=1S/C12H20F2N2O2/c1-4-7(2)11-12(18)16(6-9(13)14)8(3)5-10(17)15-11/h7-9,11H,4-6H2,1-3H3,(H,15,17). The molecule has 1 rings (SSSR count). The fraction of sp³-hybridized carbons (Fsp3) is 0.833. The summed E-state index contributed by atoms with van der Waals surface area (Å²) >= 11 is 0. The number of halogens is 2. The maximum atomic E-state index is 12.5. The molecule has 0 spiro atoms. The van der Waals surface area contributed by atoms with Crippen molar-refractivity contribution in [1.82, 2.24) is 10.2 Å². The summed E-state index contributed by atoms with van der Waals surface area (Å²) in [5, 5.41) is 2.64. The molecule has 0 aromatic heterocycles. The van der Waals surface area contributed by atoms with Crippen molar-refractivity contribution < 1.29 is 18.4 Å². The van der Waals surface area contributed by atoms with Crippen molar-refractivity contribution >= 4 is 11.8 Å². The first kappa shape index (κ1) is 14.9. The van der Waals surface area contributed by atoms with Crippen LogP contribution in [0.4, 0.5) is 8.78 Å². The van der Waals surface area contributed by atoms with Crippen molar-refractivity contribution in [3.05, 3.63) is 0 Å². The van der Waals surface area contributed by atoms with Crippen LogP contribution >= 0.6 is 0 Å². The third-order valence-electron chi connectivity index (χ3n) is 3.43. The van der Waals surface area contributed by atoms with Crippen LogP contribution in [0.1, 0.15) is 33.6 Å². The van der Waals surface area contributed by atoms with Crippen molar-refractivity contribution in [3.63, 3.8) is 0 Å². The highest BCUT2D eigenvalue weighted by Gasteiger charge is 2.37. The number of alkyl halides is 2. The van der Waals surface area contributed by atoms with Crippen molar-refractivity contribution in [3.8, 4) is 0 Å². The van der Waals surface area contributed by atoms with Gasteiger partial charge in [-0.25, -0.2) is 8.78 Å². The van der Waals surface area contributed by atoms with Gasteiger partial charge < -0.3 is 10.2 Å². The van der Waals surface area contributed by atoms with E-state index in [0.717, 1.165) is 4.90 Å². The maximum absolute atomic E-state index is 12.5. The van der Waals surface area contributed by atoms with Crippen LogP contribution < -0.4 is 5.32 Å². The molecule has 0 aliphatic carbocycles. The van der Waals surface area contributed by atoms with Crippen LogP contribution in [0.25, 0.3) is 0 Å². The quantitative estimate of drug-likeness (QED) is 0.832. The highest BCUT2D eigenvalue weighted by Crippen LogP contribution is 2.18. The average Bonchev–Trinajstić information content (AvgIpc) is 2.39. The van der Waals surface area contributed by atoms with Gasteiger partial charge in [0.1, 0.15) is 6.04 Å². The fourth-order valence-electron chi connectivity index (χ4n) is 2.11. The van der Waals surface area contributed by atoms with Crippen LogP contribution in [0, 0.1) is 5.92 Å². The van der Waals surface area contributed by atoms with Crippen LogP contribution in [0.5, 0.6) is 0 Å². The van der Waals surface area contributed by atoms with Crippen LogP contribution in [0.15, 0.2) is 0 Å². The predicted octanol–water partition coefficient (Wildman–Crippen LogP) is 1.40. The summed E-state index contributed by atoms with van der Waals surface area (Å²) in [5.74, 6) is -0.715. The second-order valence-corrected chi connectivity index (χ2v) is 4.87. The van der Waals surface area contributed by atoms with Gasteiger partial charge in [-0.2, -0.15) is 0 Å². The number of carbonyl (C=O) groups is 2. The Morgan fingerprint density at radius 1 is 1.44 bits per heavy atom. The Balaban J connectivity index is 2.94. The molecule has 0 aromatic carbocycles. The first-order valence-corrected chi connectivity index (χ1v) is 6.24. The molecule has 3 unspecified atom stereocenters. The summed E-state index contributed by atoms with van der Waals surface area (Å²) in [4.78, 5) is 25.0. The SMILES string of the molecule is CCC(C)C1NC(=O)CC(C)N(CC(F)F)C1=O. The minimum atomic E-state index is -2.58. The fourth-order valence-corrected chi connectivity index (χ4v) is 2.11. The molecule has 104 valence electrons. The lowest BCUT2D eigenvalue weighted by Gasteiger charge is -2.30. The van der Waals surface area contributed by atoms with Crippen LogP contribution in [0.3, 0.4) is 0 Å². The first-order valence-electron chi connectivity index (χ1n) is 6.24. The highest BCUT2D eigenvalue weighted by molar-refractivity contribution is 5.90. The molecule has 1 fully saturated rings. The maximum Gasteiger partial charge on any atom is 0.255 e. The molecule has 18 heavy (non-hydrogen) atoms. The highest BCUT2D eigenvalue weighted by atomic mass is 19.3. The van der Waals surface area contributed by atoms with Gasteiger partial charge in [-0.15, -0.1) is 0 Å². The van der Waals surface area contributed by atoms with Crippen molar-refractivity contribution in [1.29, 1.82) is 0 Å². The van der Waals surface area contributed by atoms with E-state index in [4.69, 9.17) is 0 Å². The molecule has 6 heteroatoms. The summed E-state index contributed by atoms with van der Waals surface area (Å²) in [5.41, 5.74) is 0. The van der Waals surface area contributed by atoms with Gasteiger partial charge in [0, 0.05) is 12.5 Å². The number of nitrogens with one attached hydrogen (secondary N) is 1. The molecular formula is C12H20F2N2O2. The van der Waals surface area contributed by atoms with E-state index < -0.39 is 31.0 Å². The second-order valence-electron chi connectivity index (χ2n) is 4.87. The van der Waals surface area contributed by atoms with E-state index in [9.17, 15) is 18.4 Å². The average molecular weight is 262 g/mol. The molecule has 0 bridgehead atoms. The number of hydrogen-bond donors (Lipinski definition) is 1. The molecule has 4 nitrogen and oxygen atoms in total. The van der Waals surface area contributed by atoms with Crippen molar-refractivity contribution in [2.24, 2.45) is 5.92 Å². The zero-order valence-corrected chi connectivity index (χ0v) is 11.0. The summed E-state index contributed by atoms with van der Waals surface area (Å²) in [6.45, 7) is 4.75. The number of rotatable bonds is 4. The first-order chi connectivity index (χ1) is 8.36. The van der Waals surface area contributed by atoms with Gasteiger partial charge in [0.2, 0.25) is 11.8 Å². The van der Waals surface area contributed by atoms with Gasteiger partial charge in [0.25, 0.3) is 6.43 Å². The lowest BCUT2D eigenvalue weighted by molar-refractivity contribution is -0.138. The minimum absolute atomic E-state index is 0.0630. The van der Waals surface area contributed by atoms with E-state index in [0.29, 0.717) is 6.42 Å². The lowest BCUT2D eigenvalue weighted by Crippen LogP contribution is -2.50. The second kappa shape index (κ2) is 6.11. The number of carbonyl (C=O) groups excluding carboxylic acids is 2. The van der Waals surface area contributed by atoms with Gasteiger partial charge in [-0.1, -0.05) is 20.3 Å². The summed E-state index contributed by atoms with van der Waals surface area (Å²) < 4.78 is 25.0. The molecule has 1 heterocycles. The van der Waals surface area contributed by atoms with E-state index in [1.807, 2.05) is 13.8 Å². The Labute approximate surface area is 106 Å². The van der Waals surface area contributed by atoms with Gasteiger partial charge in [0.15, 0.2) is 0 Å². The minimum Gasteiger partial charge on any atom is -0.344 e. The van der Waals surface area contributed by atoms with Gasteiger partial charge >= 0.3 is 0 Å². The smallest absolute Gasteiger partial charge is 0.255 e. The molecule has 3 atom stereocenters. The van der Waals surface area contributed by atoms with Crippen LogP contribution in [0.2, 0.25) is 0 Å². The third-order valence-corrected chi connectivity index (χ3v) is 3.43. The Morgan fingerprint density at radius 2 is 2.06 bits per heavy atom. The molecule has 1 N–H and O–H groups in total. The molecular weight excluding hydrogens is 242 g/mol. The van der Waals surface area contributed by atoms with Gasteiger partial charge in [0.05, 0.1) is 6.54 Å². The summed E-state index contributed by atoms with van der Waals surface area (Å²) in [7, 11) is 0. The van der Waals surface area contributed by atoms with Crippen LogP contribution in [-0.4, -0.2) is 41.8 Å². The van der Waals surface area contributed by atoms with Crippen molar-refractivity contribution in [2.45, 2.75) is 52.1 Å². The summed E-state index contributed by atoms with van der Waals surface area (Å²) in [6, 6.07) is -1.17. The number of amides is 2. The number of hydrogen-bond acceptors (Lipinski definition) is 2. The Bertz CT molecular complexity index is 323.